The van der Waals surface area contributed by atoms with Crippen LogP contribution in [0.2, 0.25) is 0 Å². The molecular weight excluding hydrogens is 294 g/mol. The molecule has 0 atom stereocenters. The van der Waals surface area contributed by atoms with Gasteiger partial charge in [0.25, 0.3) is 5.91 Å². The number of esters is 1. The molecule has 0 bridgehead atoms. The number of nitrogens with one attached hydrogen (secondary N) is 1. The number of hydrogen-bond donors (Lipinski definition) is 1. The van der Waals surface area contributed by atoms with Gasteiger partial charge in [-0.2, -0.15) is 0 Å². The Balaban J connectivity index is 2.04. The summed E-state index contributed by atoms with van der Waals surface area (Å²) in [6, 6.07) is 0. The molecule has 8 heteroatoms. The summed E-state index contributed by atoms with van der Waals surface area (Å²) in [5.74, 6) is -0.226. The summed E-state index contributed by atoms with van der Waals surface area (Å²) < 4.78 is 4.78. The molecule has 1 fully saturated rings. The predicted molar refractivity (Wildman–Crippen MR) is 78.3 cm³/mol. The molecule has 1 amide bonds. The smallest absolute Gasteiger partial charge is 0.350 e. The fraction of sp³-hybridized carbons (Fsp3) is 0.615. The van der Waals surface area contributed by atoms with Gasteiger partial charge < -0.3 is 10.1 Å². The van der Waals surface area contributed by atoms with Gasteiger partial charge in [-0.1, -0.05) is 11.3 Å². The fourth-order valence-corrected chi connectivity index (χ4v) is 2.89. The summed E-state index contributed by atoms with van der Waals surface area (Å²) in [4.78, 5) is 33.5. The molecule has 0 spiro atoms. The molecule has 1 heterocycles. The maximum Gasteiger partial charge on any atom is 0.350 e. The Bertz CT molecular complexity index is 523. The highest BCUT2D eigenvalue weighted by Gasteiger charge is 2.32. The van der Waals surface area contributed by atoms with Gasteiger partial charge in [0.05, 0.1) is 26.5 Å². The van der Waals surface area contributed by atoms with Crippen molar-refractivity contribution in [1.82, 2.24) is 10.0 Å². The second kappa shape index (κ2) is 6.86. The van der Waals surface area contributed by atoms with E-state index in [4.69, 9.17) is 9.57 Å². The fourth-order valence-electron chi connectivity index (χ4n) is 1.93. The summed E-state index contributed by atoms with van der Waals surface area (Å²) in [6.45, 7) is 2.36. The quantitative estimate of drug-likeness (QED) is 0.609. The zero-order valence-electron chi connectivity index (χ0n) is 12.3. The minimum Gasteiger partial charge on any atom is -0.465 e. The molecule has 1 aromatic heterocycles. The topological polar surface area (TPSA) is 80.8 Å². The second-order valence-electron chi connectivity index (χ2n) is 4.62. The third kappa shape index (κ3) is 3.70. The van der Waals surface area contributed by atoms with Crippen molar-refractivity contribution >= 4 is 28.3 Å². The van der Waals surface area contributed by atoms with Crippen molar-refractivity contribution in [1.29, 1.82) is 0 Å². The molecule has 116 valence electrons. The van der Waals surface area contributed by atoms with E-state index in [0.717, 1.165) is 18.5 Å². The van der Waals surface area contributed by atoms with E-state index in [9.17, 15) is 9.59 Å². The van der Waals surface area contributed by atoms with E-state index >= 15 is 0 Å². The van der Waals surface area contributed by atoms with Crippen molar-refractivity contribution in [2.75, 3.05) is 32.6 Å². The van der Waals surface area contributed by atoms with Crippen molar-refractivity contribution in [2.24, 2.45) is 0 Å². The number of rotatable bonds is 7. The minimum absolute atomic E-state index is 0.0694. The van der Waals surface area contributed by atoms with E-state index in [0.29, 0.717) is 22.5 Å². The van der Waals surface area contributed by atoms with Gasteiger partial charge in [0.15, 0.2) is 5.13 Å². The number of ether oxygens (including phenoxy) is 1. The monoisotopic (exact) mass is 313 g/mol. The lowest BCUT2D eigenvalue weighted by Crippen LogP contribution is -2.34. The van der Waals surface area contributed by atoms with Crippen LogP contribution in [0.1, 0.15) is 41.0 Å². The number of carbonyl (C=O) groups is 2. The van der Waals surface area contributed by atoms with Crippen LogP contribution in [0.4, 0.5) is 5.13 Å². The summed E-state index contributed by atoms with van der Waals surface area (Å²) in [5.41, 5.74) is 0.779. The first-order valence-corrected chi connectivity index (χ1v) is 7.59. The molecule has 7 nitrogen and oxygen atoms in total. The normalized spacial score (nSPS) is 13.9. The number of hydroxylamine groups is 2. The van der Waals surface area contributed by atoms with Crippen molar-refractivity contribution in [2.45, 2.75) is 25.7 Å². The highest BCUT2D eigenvalue weighted by atomic mass is 32.1. The number of aromatic nitrogens is 1. The molecule has 0 radical (unpaired) electrons. The Morgan fingerprint density at radius 2 is 2.14 bits per heavy atom. The molecule has 0 aliphatic heterocycles. The zero-order chi connectivity index (χ0) is 15.4. The van der Waals surface area contributed by atoms with E-state index in [2.05, 4.69) is 10.3 Å². The van der Waals surface area contributed by atoms with Crippen LogP contribution in [0, 0.1) is 0 Å². The summed E-state index contributed by atoms with van der Waals surface area (Å²) in [5, 5.41) is 4.75. The maximum atomic E-state index is 11.8. The summed E-state index contributed by atoms with van der Waals surface area (Å²) >= 11 is 1.22. The number of hydrogen-bond acceptors (Lipinski definition) is 7. The van der Waals surface area contributed by atoms with Gasteiger partial charge in [0.1, 0.15) is 4.88 Å². The summed E-state index contributed by atoms with van der Waals surface area (Å²) in [7, 11) is 2.80. The van der Waals surface area contributed by atoms with Crippen molar-refractivity contribution in [3.63, 3.8) is 0 Å². The molecule has 0 saturated heterocycles. The van der Waals surface area contributed by atoms with Gasteiger partial charge in [-0.05, 0) is 19.8 Å². The van der Waals surface area contributed by atoms with Gasteiger partial charge in [-0.3, -0.25) is 9.63 Å². The lowest BCUT2D eigenvalue weighted by Gasteiger charge is -2.17. The SMILES string of the molecule is CCN(OC)C(=O)CNc1nc(C2CC2)c(C(=O)OC)s1. The van der Waals surface area contributed by atoms with Crippen LogP contribution < -0.4 is 5.32 Å². The molecular formula is C13H19N3O4S. The van der Waals surface area contributed by atoms with Gasteiger partial charge in [0, 0.05) is 12.5 Å². The number of carbonyl (C=O) groups excluding carboxylic acids is 2. The van der Waals surface area contributed by atoms with Gasteiger partial charge in [0.2, 0.25) is 0 Å². The van der Waals surface area contributed by atoms with E-state index in [-0.39, 0.29) is 18.4 Å². The van der Waals surface area contributed by atoms with Crippen LogP contribution in [0.25, 0.3) is 0 Å². The Morgan fingerprint density at radius 1 is 1.43 bits per heavy atom. The number of anilines is 1. The lowest BCUT2D eigenvalue weighted by atomic mass is 10.2. The van der Waals surface area contributed by atoms with Crippen LogP contribution in [-0.4, -0.2) is 49.2 Å². The maximum absolute atomic E-state index is 11.8. The van der Waals surface area contributed by atoms with Crippen molar-refractivity contribution < 1.29 is 19.2 Å². The van der Waals surface area contributed by atoms with E-state index in [1.165, 1.54) is 30.6 Å². The Morgan fingerprint density at radius 3 is 2.67 bits per heavy atom. The minimum atomic E-state index is -0.374. The second-order valence-corrected chi connectivity index (χ2v) is 5.62. The van der Waals surface area contributed by atoms with Crippen LogP contribution in [0.3, 0.4) is 0 Å². The molecule has 1 N–H and O–H groups in total. The molecule has 21 heavy (non-hydrogen) atoms. The number of amides is 1. The standard InChI is InChI=1S/C13H19N3O4S/c1-4-16(20-3)9(17)7-14-13-15-10(8-5-6-8)11(21-13)12(18)19-2/h8H,4-7H2,1-3H3,(H,14,15). The average Bonchev–Trinajstić information content (AvgIpc) is 3.25. The number of thiazole rings is 1. The highest BCUT2D eigenvalue weighted by molar-refractivity contribution is 7.17. The number of nitrogens with zero attached hydrogens (tertiary/aromatic N) is 2. The van der Waals surface area contributed by atoms with Gasteiger partial charge >= 0.3 is 5.97 Å². The largest absolute Gasteiger partial charge is 0.465 e. The first kappa shape index (κ1) is 15.7. The van der Waals surface area contributed by atoms with Crippen LogP contribution in [0.15, 0.2) is 0 Å². The molecule has 1 saturated carbocycles. The molecule has 1 aliphatic rings. The van der Waals surface area contributed by atoms with Crippen molar-refractivity contribution in [3.05, 3.63) is 10.6 Å². The summed E-state index contributed by atoms with van der Waals surface area (Å²) in [6.07, 6.45) is 2.08. The van der Waals surface area contributed by atoms with Gasteiger partial charge in [-0.25, -0.2) is 14.8 Å². The number of methoxy groups -OCH3 is 1. The molecule has 1 aliphatic carbocycles. The van der Waals surface area contributed by atoms with Crippen molar-refractivity contribution in [3.8, 4) is 0 Å². The van der Waals surface area contributed by atoms with E-state index in [1.54, 1.807) is 0 Å². The van der Waals surface area contributed by atoms with Crippen LogP contribution >= 0.6 is 11.3 Å². The number of likely N-dealkylation sites (N-methyl/N-ethyl adjacent to an activating group) is 1. The van der Waals surface area contributed by atoms with E-state index in [1.807, 2.05) is 6.92 Å². The molecule has 0 unspecified atom stereocenters. The van der Waals surface area contributed by atoms with Gasteiger partial charge in [-0.15, -0.1) is 0 Å². The molecule has 2 rings (SSSR count). The van der Waals surface area contributed by atoms with E-state index < -0.39 is 0 Å². The third-order valence-corrected chi connectivity index (χ3v) is 4.17. The predicted octanol–water partition coefficient (Wildman–Crippen LogP) is 1.63. The van der Waals surface area contributed by atoms with Crippen LogP contribution in [-0.2, 0) is 14.4 Å². The Kier molecular flexibility index (Phi) is 5.13. The molecule has 1 aromatic rings. The Hall–Kier alpha value is -1.67. The molecule has 0 aromatic carbocycles. The first-order chi connectivity index (χ1) is 10.1. The average molecular weight is 313 g/mol. The van der Waals surface area contributed by atoms with Crippen LogP contribution in [0.5, 0.6) is 0 Å². The lowest BCUT2D eigenvalue weighted by molar-refractivity contribution is -0.172. The third-order valence-electron chi connectivity index (χ3n) is 3.16. The highest BCUT2D eigenvalue weighted by Crippen LogP contribution is 2.43. The Labute approximate surface area is 127 Å². The zero-order valence-corrected chi connectivity index (χ0v) is 13.2. The first-order valence-electron chi connectivity index (χ1n) is 6.78.